The standard InChI is InChI=1S/C16H24F2/c1-7-9-14(8-2)15(12(3)4)13(5)10-11-16(6,17)18/h7,9H,3,5,8,10-11H2,1-2,4,6H3/b9-7-,15-14-. The Morgan fingerprint density at radius 2 is 1.83 bits per heavy atom. The normalized spacial score (nSPS) is 13.7. The second-order valence-electron chi connectivity index (χ2n) is 4.71. The van der Waals surface area contributed by atoms with E-state index in [0.717, 1.165) is 35.6 Å². The molecule has 0 aliphatic heterocycles. The average Bonchev–Trinajstić information content (AvgIpc) is 2.24. The Morgan fingerprint density at radius 3 is 2.17 bits per heavy atom. The molecule has 0 amide bonds. The SMILES string of the molecule is C=C(C)/C(C(=C)CCC(C)(F)F)=C(/C=C\C)CC. The topological polar surface area (TPSA) is 0 Å². The Labute approximate surface area is 110 Å². The van der Waals surface area contributed by atoms with E-state index in [4.69, 9.17) is 0 Å². The minimum absolute atomic E-state index is 0.171. The maximum absolute atomic E-state index is 12.9. The maximum Gasteiger partial charge on any atom is 0.245 e. The minimum Gasteiger partial charge on any atom is -0.207 e. The quantitative estimate of drug-likeness (QED) is 0.501. The van der Waals surface area contributed by atoms with Crippen molar-refractivity contribution < 1.29 is 8.78 Å². The molecule has 2 heteroatoms. The highest BCUT2D eigenvalue weighted by molar-refractivity contribution is 5.49. The first-order chi connectivity index (χ1) is 8.22. The van der Waals surface area contributed by atoms with Crippen molar-refractivity contribution in [2.75, 3.05) is 0 Å². The molecule has 0 aromatic carbocycles. The van der Waals surface area contributed by atoms with E-state index in [1.807, 2.05) is 32.9 Å². The molecule has 0 fully saturated rings. The van der Waals surface area contributed by atoms with Crippen LogP contribution in [0, 0.1) is 0 Å². The summed E-state index contributed by atoms with van der Waals surface area (Å²) in [5.74, 6) is -2.64. The van der Waals surface area contributed by atoms with Crippen molar-refractivity contribution in [2.45, 2.75) is 52.9 Å². The van der Waals surface area contributed by atoms with Crippen LogP contribution in [0.3, 0.4) is 0 Å². The molecule has 0 atom stereocenters. The molecule has 0 rings (SSSR count). The van der Waals surface area contributed by atoms with Crippen molar-refractivity contribution in [2.24, 2.45) is 0 Å². The van der Waals surface area contributed by atoms with Crippen LogP contribution in [0.25, 0.3) is 0 Å². The van der Waals surface area contributed by atoms with Crippen molar-refractivity contribution in [3.05, 3.63) is 47.6 Å². The zero-order chi connectivity index (χ0) is 14.3. The van der Waals surface area contributed by atoms with Gasteiger partial charge in [-0.3, -0.25) is 0 Å². The molecular formula is C16H24F2. The van der Waals surface area contributed by atoms with E-state index in [1.54, 1.807) is 0 Å². The molecule has 0 heterocycles. The Morgan fingerprint density at radius 1 is 1.28 bits per heavy atom. The van der Waals surface area contributed by atoms with E-state index in [9.17, 15) is 8.78 Å². The molecule has 18 heavy (non-hydrogen) atoms. The molecule has 0 aliphatic rings. The third-order valence-electron chi connectivity index (χ3n) is 2.72. The largest absolute Gasteiger partial charge is 0.245 e. The van der Waals surface area contributed by atoms with E-state index in [2.05, 4.69) is 13.2 Å². The van der Waals surface area contributed by atoms with Crippen LogP contribution in [-0.2, 0) is 0 Å². The van der Waals surface area contributed by atoms with Gasteiger partial charge in [-0.05, 0) is 50.3 Å². The van der Waals surface area contributed by atoms with Gasteiger partial charge in [0.25, 0.3) is 0 Å². The molecule has 0 saturated heterocycles. The van der Waals surface area contributed by atoms with Crippen molar-refractivity contribution in [3.8, 4) is 0 Å². The van der Waals surface area contributed by atoms with Crippen LogP contribution in [0.5, 0.6) is 0 Å². The number of allylic oxidation sites excluding steroid dienone is 6. The van der Waals surface area contributed by atoms with Gasteiger partial charge in [-0.15, -0.1) is 0 Å². The van der Waals surface area contributed by atoms with Crippen molar-refractivity contribution in [1.29, 1.82) is 0 Å². The van der Waals surface area contributed by atoms with E-state index >= 15 is 0 Å². The van der Waals surface area contributed by atoms with Gasteiger partial charge >= 0.3 is 0 Å². The molecule has 0 aromatic rings. The molecule has 0 aromatic heterocycles. The highest BCUT2D eigenvalue weighted by atomic mass is 19.3. The Hall–Kier alpha value is -1.18. The van der Waals surface area contributed by atoms with Gasteiger partial charge in [-0.2, -0.15) is 0 Å². The lowest BCUT2D eigenvalue weighted by atomic mass is 9.90. The summed E-state index contributed by atoms with van der Waals surface area (Å²) in [6.07, 6.45) is 4.92. The van der Waals surface area contributed by atoms with E-state index in [0.29, 0.717) is 6.42 Å². The lowest BCUT2D eigenvalue weighted by molar-refractivity contribution is 0.0135. The summed E-state index contributed by atoms with van der Waals surface area (Å²) in [6.45, 7) is 14.7. The second kappa shape index (κ2) is 7.30. The van der Waals surface area contributed by atoms with Crippen LogP contribution in [0.4, 0.5) is 8.78 Å². The third-order valence-corrected chi connectivity index (χ3v) is 2.72. The van der Waals surface area contributed by atoms with Crippen molar-refractivity contribution in [1.82, 2.24) is 0 Å². The zero-order valence-corrected chi connectivity index (χ0v) is 11.9. The third kappa shape index (κ3) is 5.95. The van der Waals surface area contributed by atoms with Gasteiger partial charge in [0.15, 0.2) is 0 Å². The van der Waals surface area contributed by atoms with Gasteiger partial charge in [0, 0.05) is 6.42 Å². The highest BCUT2D eigenvalue weighted by Gasteiger charge is 2.21. The molecule has 0 nitrogen and oxygen atoms in total. The second-order valence-corrected chi connectivity index (χ2v) is 4.71. The molecule has 0 unspecified atom stereocenters. The van der Waals surface area contributed by atoms with Crippen LogP contribution in [-0.4, -0.2) is 5.92 Å². The van der Waals surface area contributed by atoms with E-state index < -0.39 is 5.92 Å². The van der Waals surface area contributed by atoms with Gasteiger partial charge in [0.1, 0.15) is 0 Å². The smallest absolute Gasteiger partial charge is 0.207 e. The van der Waals surface area contributed by atoms with Crippen LogP contribution < -0.4 is 0 Å². The molecular weight excluding hydrogens is 230 g/mol. The molecule has 0 saturated carbocycles. The first kappa shape index (κ1) is 16.8. The first-order valence-electron chi connectivity index (χ1n) is 6.30. The number of alkyl halides is 2. The number of halogens is 2. The summed E-state index contributed by atoms with van der Waals surface area (Å²) < 4.78 is 25.8. The summed E-state index contributed by atoms with van der Waals surface area (Å²) in [6, 6.07) is 0. The summed E-state index contributed by atoms with van der Waals surface area (Å²) in [4.78, 5) is 0. The molecule has 0 spiro atoms. The molecule has 0 radical (unpaired) electrons. The lowest BCUT2D eigenvalue weighted by Gasteiger charge is -2.17. The predicted molar refractivity (Wildman–Crippen MR) is 75.9 cm³/mol. The van der Waals surface area contributed by atoms with Crippen LogP contribution >= 0.6 is 0 Å². The zero-order valence-electron chi connectivity index (χ0n) is 11.9. The fraction of sp³-hybridized carbons (Fsp3) is 0.500. The number of hydrogen-bond acceptors (Lipinski definition) is 0. The molecule has 0 N–H and O–H groups in total. The average molecular weight is 254 g/mol. The van der Waals surface area contributed by atoms with E-state index in [1.165, 1.54) is 0 Å². The maximum atomic E-state index is 12.9. The highest BCUT2D eigenvalue weighted by Crippen LogP contribution is 2.30. The van der Waals surface area contributed by atoms with Crippen LogP contribution in [0.15, 0.2) is 47.6 Å². The molecule has 102 valence electrons. The Balaban J connectivity index is 5.13. The summed E-state index contributed by atoms with van der Waals surface area (Å²) in [5, 5.41) is 0. The predicted octanol–water partition coefficient (Wildman–Crippen LogP) is 5.84. The van der Waals surface area contributed by atoms with Crippen molar-refractivity contribution in [3.63, 3.8) is 0 Å². The van der Waals surface area contributed by atoms with Gasteiger partial charge in [-0.25, -0.2) is 8.78 Å². The number of hydrogen-bond donors (Lipinski definition) is 0. The van der Waals surface area contributed by atoms with Gasteiger partial charge < -0.3 is 0 Å². The Bertz CT molecular complexity index is 365. The van der Waals surface area contributed by atoms with Gasteiger partial charge in [-0.1, -0.05) is 37.8 Å². The summed E-state index contributed by atoms with van der Waals surface area (Å²) in [5.41, 5.74) is 3.68. The molecule has 0 aliphatic carbocycles. The number of rotatable bonds is 7. The summed E-state index contributed by atoms with van der Waals surface area (Å²) >= 11 is 0. The van der Waals surface area contributed by atoms with Crippen LogP contribution in [0.2, 0.25) is 0 Å². The fourth-order valence-electron chi connectivity index (χ4n) is 1.88. The Kier molecular flexibility index (Phi) is 6.82. The van der Waals surface area contributed by atoms with Crippen LogP contribution in [0.1, 0.15) is 47.0 Å². The monoisotopic (exact) mass is 254 g/mol. The summed E-state index contributed by atoms with van der Waals surface area (Å²) in [7, 11) is 0. The molecule has 0 bridgehead atoms. The lowest BCUT2D eigenvalue weighted by Crippen LogP contribution is -2.10. The van der Waals surface area contributed by atoms with Gasteiger partial charge in [0.05, 0.1) is 0 Å². The van der Waals surface area contributed by atoms with Gasteiger partial charge in [0.2, 0.25) is 5.92 Å². The van der Waals surface area contributed by atoms with E-state index in [-0.39, 0.29) is 6.42 Å². The first-order valence-corrected chi connectivity index (χ1v) is 6.30. The minimum atomic E-state index is -2.64. The fourth-order valence-corrected chi connectivity index (χ4v) is 1.88. The van der Waals surface area contributed by atoms with Crippen molar-refractivity contribution >= 4 is 0 Å².